The van der Waals surface area contributed by atoms with E-state index in [0.717, 1.165) is 12.8 Å². The van der Waals surface area contributed by atoms with E-state index < -0.39 is 0 Å². The Labute approximate surface area is 74.1 Å². The molecular weight excluding hydrogens is 160 g/mol. The molecule has 0 rings (SSSR count). The van der Waals surface area contributed by atoms with Gasteiger partial charge < -0.3 is 0 Å². The van der Waals surface area contributed by atoms with Crippen molar-refractivity contribution in [2.75, 3.05) is 0 Å². The summed E-state index contributed by atoms with van der Waals surface area (Å²) in [5.41, 5.74) is 0. The van der Waals surface area contributed by atoms with Gasteiger partial charge in [-0.05, 0) is 18.0 Å². The van der Waals surface area contributed by atoms with E-state index in [1.54, 1.807) is 0 Å². The third-order valence-corrected chi connectivity index (χ3v) is 2.25. The average molecular weight is 177 g/mol. The fourth-order valence-corrected chi connectivity index (χ4v) is 1.10. The van der Waals surface area contributed by atoms with Crippen LogP contribution in [0.1, 0.15) is 46.0 Å². The van der Waals surface area contributed by atoms with Crippen LogP contribution in [0.15, 0.2) is 0 Å². The van der Waals surface area contributed by atoms with Gasteiger partial charge in [0.1, 0.15) is 0 Å². The predicted octanol–water partition coefficient (Wildman–Crippen LogP) is 3.36. The Morgan fingerprint density at radius 1 is 1.36 bits per heavy atom. The van der Waals surface area contributed by atoms with E-state index in [4.69, 9.17) is 11.6 Å². The highest BCUT2D eigenvalue weighted by Gasteiger charge is 2.07. The molecule has 0 amide bonds. The van der Waals surface area contributed by atoms with Crippen LogP contribution in [-0.4, -0.2) is 5.24 Å². The predicted molar refractivity (Wildman–Crippen MR) is 48.8 cm³/mol. The van der Waals surface area contributed by atoms with Crippen molar-refractivity contribution in [1.29, 1.82) is 0 Å². The van der Waals surface area contributed by atoms with Crippen LogP contribution in [0, 0.1) is 5.92 Å². The summed E-state index contributed by atoms with van der Waals surface area (Å²) in [5, 5.41) is -0.193. The minimum absolute atomic E-state index is 0.0496. The van der Waals surface area contributed by atoms with Crippen molar-refractivity contribution in [3.63, 3.8) is 0 Å². The van der Waals surface area contributed by atoms with E-state index in [0.29, 0.717) is 0 Å². The number of rotatable bonds is 6. The molecule has 0 saturated heterocycles. The minimum Gasteiger partial charge on any atom is -0.281 e. The lowest BCUT2D eigenvalue weighted by Crippen LogP contribution is -2.02. The molecule has 0 radical (unpaired) electrons. The summed E-state index contributed by atoms with van der Waals surface area (Å²) in [6, 6.07) is 0. The molecular formula is C9H17ClO. The van der Waals surface area contributed by atoms with Gasteiger partial charge in [-0.2, -0.15) is 0 Å². The lowest BCUT2D eigenvalue weighted by molar-refractivity contribution is -0.114. The molecule has 1 atom stereocenters. The Morgan fingerprint density at radius 3 is 2.45 bits per heavy atom. The normalized spacial score (nSPS) is 13.0. The zero-order chi connectivity index (χ0) is 8.69. The Bertz CT molecular complexity index is 112. The highest BCUT2D eigenvalue weighted by molar-refractivity contribution is 6.63. The third kappa shape index (κ3) is 6.36. The van der Waals surface area contributed by atoms with Crippen molar-refractivity contribution < 1.29 is 4.79 Å². The maximum absolute atomic E-state index is 10.6. The van der Waals surface area contributed by atoms with Crippen LogP contribution < -0.4 is 0 Å². The summed E-state index contributed by atoms with van der Waals surface area (Å²) < 4.78 is 0. The summed E-state index contributed by atoms with van der Waals surface area (Å²) in [6.07, 6.45) is 5.81. The Kier molecular flexibility index (Phi) is 6.63. The lowest BCUT2D eigenvalue weighted by atomic mass is 10.0. The molecule has 0 aromatic rings. The van der Waals surface area contributed by atoms with E-state index >= 15 is 0 Å². The molecule has 0 saturated carbocycles. The number of carbonyl (C=O) groups is 1. The van der Waals surface area contributed by atoms with Crippen molar-refractivity contribution >= 4 is 16.8 Å². The second-order valence-corrected chi connectivity index (χ2v) is 3.43. The van der Waals surface area contributed by atoms with Gasteiger partial charge >= 0.3 is 0 Å². The molecule has 1 nitrogen and oxygen atoms in total. The van der Waals surface area contributed by atoms with Crippen molar-refractivity contribution in [2.24, 2.45) is 5.92 Å². The number of halogens is 1. The zero-order valence-corrected chi connectivity index (χ0v) is 8.16. The number of unbranched alkanes of at least 4 members (excludes halogenated alkanes) is 3. The third-order valence-electron chi connectivity index (χ3n) is 1.88. The summed E-state index contributed by atoms with van der Waals surface area (Å²) in [5.74, 6) is 0.0496. The van der Waals surface area contributed by atoms with E-state index in [1.165, 1.54) is 19.3 Å². The van der Waals surface area contributed by atoms with Gasteiger partial charge in [0, 0.05) is 5.92 Å². The molecule has 0 bridgehead atoms. The van der Waals surface area contributed by atoms with E-state index in [2.05, 4.69) is 6.92 Å². The van der Waals surface area contributed by atoms with Gasteiger partial charge in [-0.1, -0.05) is 39.5 Å². The molecule has 0 aromatic heterocycles. The molecule has 0 aliphatic rings. The molecule has 0 unspecified atom stereocenters. The number of hydrogen-bond acceptors (Lipinski definition) is 1. The minimum atomic E-state index is -0.193. The van der Waals surface area contributed by atoms with Crippen LogP contribution in [0.5, 0.6) is 0 Å². The van der Waals surface area contributed by atoms with Gasteiger partial charge in [-0.25, -0.2) is 0 Å². The Morgan fingerprint density at radius 2 is 2.00 bits per heavy atom. The van der Waals surface area contributed by atoms with Crippen LogP contribution in [-0.2, 0) is 4.79 Å². The molecule has 0 fully saturated rings. The van der Waals surface area contributed by atoms with Crippen molar-refractivity contribution in [1.82, 2.24) is 0 Å². The Hall–Kier alpha value is -0.0400. The lowest BCUT2D eigenvalue weighted by Gasteiger charge is -2.04. The first-order chi connectivity index (χ1) is 5.18. The number of hydrogen-bond donors (Lipinski definition) is 0. The molecule has 0 aliphatic heterocycles. The van der Waals surface area contributed by atoms with E-state index in [1.807, 2.05) is 6.92 Å². The molecule has 11 heavy (non-hydrogen) atoms. The van der Waals surface area contributed by atoms with Crippen LogP contribution in [0.2, 0.25) is 0 Å². The molecule has 0 aromatic carbocycles. The highest BCUT2D eigenvalue weighted by Crippen LogP contribution is 2.12. The second-order valence-electron chi connectivity index (χ2n) is 3.05. The van der Waals surface area contributed by atoms with Crippen molar-refractivity contribution in [3.8, 4) is 0 Å². The van der Waals surface area contributed by atoms with Crippen LogP contribution >= 0.6 is 11.6 Å². The van der Waals surface area contributed by atoms with Gasteiger partial charge in [-0.15, -0.1) is 0 Å². The zero-order valence-electron chi connectivity index (χ0n) is 7.40. The molecule has 0 N–H and O–H groups in total. The standard InChI is InChI=1S/C9H17ClO/c1-3-4-5-6-7-8(2)9(10)11/h8H,3-7H2,1-2H3/t8-/m1/s1. The molecule has 0 aliphatic carbocycles. The van der Waals surface area contributed by atoms with Gasteiger partial charge in [-0.3, -0.25) is 4.79 Å². The fraction of sp³-hybridized carbons (Fsp3) is 0.889. The second kappa shape index (κ2) is 6.66. The topological polar surface area (TPSA) is 17.1 Å². The van der Waals surface area contributed by atoms with Gasteiger partial charge in [0.05, 0.1) is 0 Å². The van der Waals surface area contributed by atoms with Gasteiger partial charge in [0.15, 0.2) is 0 Å². The van der Waals surface area contributed by atoms with E-state index in [9.17, 15) is 4.79 Å². The molecule has 0 spiro atoms. The Balaban J connectivity index is 3.17. The first-order valence-corrected chi connectivity index (χ1v) is 4.75. The first-order valence-electron chi connectivity index (χ1n) is 4.37. The SMILES string of the molecule is CCCCCC[C@@H](C)C(=O)Cl. The highest BCUT2D eigenvalue weighted by atomic mass is 35.5. The maximum Gasteiger partial charge on any atom is 0.224 e. The molecule has 0 heterocycles. The monoisotopic (exact) mass is 176 g/mol. The van der Waals surface area contributed by atoms with Gasteiger partial charge in [0.2, 0.25) is 5.24 Å². The summed E-state index contributed by atoms with van der Waals surface area (Å²) in [6.45, 7) is 4.07. The van der Waals surface area contributed by atoms with E-state index in [-0.39, 0.29) is 11.2 Å². The largest absolute Gasteiger partial charge is 0.281 e. The van der Waals surface area contributed by atoms with Crippen LogP contribution in [0.3, 0.4) is 0 Å². The molecule has 66 valence electrons. The summed E-state index contributed by atoms with van der Waals surface area (Å²) >= 11 is 5.30. The quantitative estimate of drug-likeness (QED) is 0.448. The van der Waals surface area contributed by atoms with Crippen molar-refractivity contribution in [3.05, 3.63) is 0 Å². The smallest absolute Gasteiger partial charge is 0.224 e. The maximum atomic E-state index is 10.6. The molecule has 2 heteroatoms. The fourth-order valence-electron chi connectivity index (χ4n) is 0.991. The summed E-state index contributed by atoms with van der Waals surface area (Å²) in [7, 11) is 0. The van der Waals surface area contributed by atoms with Crippen molar-refractivity contribution in [2.45, 2.75) is 46.0 Å². The van der Waals surface area contributed by atoms with Gasteiger partial charge in [0.25, 0.3) is 0 Å². The van der Waals surface area contributed by atoms with Crippen LogP contribution in [0.4, 0.5) is 0 Å². The first kappa shape index (κ1) is 11.0. The average Bonchev–Trinajstić information content (AvgIpc) is 1.97. The number of carbonyl (C=O) groups excluding carboxylic acids is 1. The van der Waals surface area contributed by atoms with Crippen LogP contribution in [0.25, 0.3) is 0 Å². The summed E-state index contributed by atoms with van der Waals surface area (Å²) in [4.78, 5) is 10.6.